The molecular formula is C10H11ClN4O. The van der Waals surface area contributed by atoms with Crippen LogP contribution < -0.4 is 0 Å². The van der Waals surface area contributed by atoms with Gasteiger partial charge in [0.25, 0.3) is 0 Å². The van der Waals surface area contributed by atoms with Crippen molar-refractivity contribution in [2.24, 2.45) is 0 Å². The highest BCUT2D eigenvalue weighted by Crippen LogP contribution is 2.32. The normalized spacial score (nSPS) is 25.4. The van der Waals surface area contributed by atoms with Crippen LogP contribution in [-0.4, -0.2) is 30.7 Å². The zero-order valence-corrected chi connectivity index (χ0v) is 9.30. The SMILES string of the molecule is O[C@@H]1CCC[C@@H]1n1cnc2c(Cl)ncnc21. The lowest BCUT2D eigenvalue weighted by atomic mass is 10.2. The number of rotatable bonds is 1. The molecule has 0 aliphatic heterocycles. The lowest BCUT2D eigenvalue weighted by Gasteiger charge is -2.16. The van der Waals surface area contributed by atoms with Crippen LogP contribution >= 0.6 is 11.6 Å². The molecule has 2 aromatic heterocycles. The molecule has 0 spiro atoms. The summed E-state index contributed by atoms with van der Waals surface area (Å²) in [7, 11) is 0. The lowest BCUT2D eigenvalue weighted by molar-refractivity contribution is 0.138. The fourth-order valence-corrected chi connectivity index (χ4v) is 2.49. The van der Waals surface area contributed by atoms with Gasteiger partial charge in [-0.1, -0.05) is 11.6 Å². The number of hydrogen-bond donors (Lipinski definition) is 1. The summed E-state index contributed by atoms with van der Waals surface area (Å²) in [6, 6.07) is 0.0657. The molecule has 2 atom stereocenters. The molecule has 2 aromatic rings. The van der Waals surface area contributed by atoms with Crippen LogP contribution in [0.4, 0.5) is 0 Å². The van der Waals surface area contributed by atoms with E-state index in [-0.39, 0.29) is 12.1 Å². The van der Waals surface area contributed by atoms with Gasteiger partial charge < -0.3 is 9.67 Å². The van der Waals surface area contributed by atoms with Crippen LogP contribution in [0.3, 0.4) is 0 Å². The Morgan fingerprint density at radius 3 is 2.94 bits per heavy atom. The number of imidazole rings is 1. The third kappa shape index (κ3) is 1.39. The molecule has 1 fully saturated rings. The molecule has 84 valence electrons. The maximum atomic E-state index is 9.86. The largest absolute Gasteiger partial charge is 0.391 e. The minimum atomic E-state index is -0.314. The second kappa shape index (κ2) is 3.68. The van der Waals surface area contributed by atoms with Gasteiger partial charge in [0.1, 0.15) is 11.8 Å². The molecule has 2 heterocycles. The van der Waals surface area contributed by atoms with Crippen molar-refractivity contribution in [1.29, 1.82) is 0 Å². The Hall–Kier alpha value is -1.20. The van der Waals surface area contributed by atoms with Gasteiger partial charge in [-0.3, -0.25) is 0 Å². The Kier molecular flexibility index (Phi) is 2.29. The first-order chi connectivity index (χ1) is 7.77. The first-order valence-corrected chi connectivity index (χ1v) is 5.66. The van der Waals surface area contributed by atoms with Gasteiger partial charge in [0, 0.05) is 0 Å². The Morgan fingerprint density at radius 2 is 2.19 bits per heavy atom. The minimum Gasteiger partial charge on any atom is -0.391 e. The standard InChI is InChI=1S/C10H11ClN4O/c11-9-8-10(13-4-12-9)15(5-14-8)6-2-1-3-7(6)16/h4-7,16H,1-3H2/t6-,7+/m0/s1. The van der Waals surface area contributed by atoms with Crippen molar-refractivity contribution in [3.8, 4) is 0 Å². The van der Waals surface area contributed by atoms with Crippen molar-refractivity contribution in [2.45, 2.75) is 31.4 Å². The summed E-state index contributed by atoms with van der Waals surface area (Å²) < 4.78 is 1.90. The molecular weight excluding hydrogens is 228 g/mol. The maximum Gasteiger partial charge on any atom is 0.165 e. The number of nitrogens with zero attached hydrogens (tertiary/aromatic N) is 4. The highest BCUT2D eigenvalue weighted by atomic mass is 35.5. The van der Waals surface area contributed by atoms with Crippen LogP contribution in [0, 0.1) is 0 Å². The van der Waals surface area contributed by atoms with Crippen molar-refractivity contribution in [2.75, 3.05) is 0 Å². The molecule has 1 aliphatic rings. The monoisotopic (exact) mass is 238 g/mol. The van der Waals surface area contributed by atoms with E-state index in [1.165, 1.54) is 6.33 Å². The van der Waals surface area contributed by atoms with E-state index in [1.807, 2.05) is 4.57 Å². The number of aliphatic hydroxyl groups is 1. The molecule has 16 heavy (non-hydrogen) atoms. The zero-order chi connectivity index (χ0) is 11.1. The van der Waals surface area contributed by atoms with Crippen LogP contribution in [0.15, 0.2) is 12.7 Å². The van der Waals surface area contributed by atoms with Crippen molar-refractivity contribution < 1.29 is 5.11 Å². The van der Waals surface area contributed by atoms with Crippen molar-refractivity contribution in [3.05, 3.63) is 17.8 Å². The number of aliphatic hydroxyl groups excluding tert-OH is 1. The van der Waals surface area contributed by atoms with Crippen LogP contribution in [0.1, 0.15) is 25.3 Å². The summed E-state index contributed by atoms with van der Waals surface area (Å²) >= 11 is 5.92. The predicted molar refractivity (Wildman–Crippen MR) is 59.2 cm³/mol. The van der Waals surface area contributed by atoms with Crippen molar-refractivity contribution in [3.63, 3.8) is 0 Å². The quantitative estimate of drug-likeness (QED) is 0.766. The summed E-state index contributed by atoms with van der Waals surface area (Å²) in [5.41, 5.74) is 1.30. The van der Waals surface area contributed by atoms with Gasteiger partial charge in [-0.2, -0.15) is 0 Å². The van der Waals surface area contributed by atoms with E-state index in [0.717, 1.165) is 19.3 Å². The molecule has 6 heteroatoms. The van der Waals surface area contributed by atoms with E-state index in [0.29, 0.717) is 16.3 Å². The Bertz CT molecular complexity index is 527. The van der Waals surface area contributed by atoms with Crippen LogP contribution in [0.2, 0.25) is 5.15 Å². The molecule has 0 bridgehead atoms. The number of hydrogen-bond acceptors (Lipinski definition) is 4. The smallest absolute Gasteiger partial charge is 0.165 e. The highest BCUT2D eigenvalue weighted by molar-refractivity contribution is 6.33. The van der Waals surface area contributed by atoms with Gasteiger partial charge in [-0.05, 0) is 19.3 Å². The van der Waals surface area contributed by atoms with Gasteiger partial charge in [0.2, 0.25) is 0 Å². The molecule has 0 unspecified atom stereocenters. The molecule has 0 radical (unpaired) electrons. The zero-order valence-electron chi connectivity index (χ0n) is 8.54. The van der Waals surface area contributed by atoms with E-state index >= 15 is 0 Å². The molecule has 3 rings (SSSR count). The number of aromatic nitrogens is 4. The molecule has 1 aliphatic carbocycles. The topological polar surface area (TPSA) is 63.8 Å². The third-order valence-electron chi connectivity index (χ3n) is 3.12. The van der Waals surface area contributed by atoms with Gasteiger partial charge in [0.15, 0.2) is 10.8 Å². The fraction of sp³-hybridized carbons (Fsp3) is 0.500. The predicted octanol–water partition coefficient (Wildman–Crippen LogP) is 1.57. The maximum absolute atomic E-state index is 9.86. The van der Waals surface area contributed by atoms with Crippen molar-refractivity contribution in [1.82, 2.24) is 19.5 Å². The fourth-order valence-electron chi connectivity index (χ4n) is 2.31. The molecule has 5 nitrogen and oxygen atoms in total. The summed E-state index contributed by atoms with van der Waals surface area (Å²) in [5, 5.41) is 10.2. The van der Waals surface area contributed by atoms with E-state index in [2.05, 4.69) is 15.0 Å². The number of halogens is 1. The van der Waals surface area contributed by atoms with Crippen LogP contribution in [0.5, 0.6) is 0 Å². The molecule has 1 saturated carbocycles. The van der Waals surface area contributed by atoms with Gasteiger partial charge in [-0.25, -0.2) is 15.0 Å². The summed E-state index contributed by atoms with van der Waals surface area (Å²) in [6.07, 6.45) is 5.61. The van der Waals surface area contributed by atoms with Crippen LogP contribution in [0.25, 0.3) is 11.2 Å². The Morgan fingerprint density at radius 1 is 1.31 bits per heavy atom. The Balaban J connectivity index is 2.14. The lowest BCUT2D eigenvalue weighted by Crippen LogP contribution is -2.17. The third-order valence-corrected chi connectivity index (χ3v) is 3.39. The molecule has 0 aromatic carbocycles. The highest BCUT2D eigenvalue weighted by Gasteiger charge is 2.28. The molecule has 1 N–H and O–H groups in total. The van der Waals surface area contributed by atoms with E-state index < -0.39 is 0 Å². The Labute approximate surface area is 97.1 Å². The second-order valence-corrected chi connectivity index (χ2v) is 4.41. The van der Waals surface area contributed by atoms with Crippen LogP contribution in [-0.2, 0) is 0 Å². The van der Waals surface area contributed by atoms with E-state index in [9.17, 15) is 5.11 Å². The van der Waals surface area contributed by atoms with Gasteiger partial charge >= 0.3 is 0 Å². The van der Waals surface area contributed by atoms with E-state index in [1.54, 1.807) is 6.33 Å². The number of fused-ring (bicyclic) bond motifs is 1. The molecule has 0 saturated heterocycles. The molecule has 0 amide bonds. The van der Waals surface area contributed by atoms with Gasteiger partial charge in [-0.15, -0.1) is 0 Å². The summed E-state index contributed by atoms with van der Waals surface area (Å²) in [5.74, 6) is 0. The summed E-state index contributed by atoms with van der Waals surface area (Å²) in [4.78, 5) is 12.2. The first-order valence-electron chi connectivity index (χ1n) is 5.28. The average molecular weight is 239 g/mol. The average Bonchev–Trinajstić information content (AvgIpc) is 2.84. The van der Waals surface area contributed by atoms with Gasteiger partial charge in [0.05, 0.1) is 18.5 Å². The van der Waals surface area contributed by atoms with E-state index in [4.69, 9.17) is 11.6 Å². The van der Waals surface area contributed by atoms with Crippen molar-refractivity contribution >= 4 is 22.8 Å². The minimum absolute atomic E-state index is 0.0657. The first kappa shape index (κ1) is 9.99. The second-order valence-electron chi connectivity index (χ2n) is 4.05. The summed E-state index contributed by atoms with van der Waals surface area (Å²) in [6.45, 7) is 0.